The average molecular weight is 390 g/mol. The molecule has 0 spiro atoms. The van der Waals surface area contributed by atoms with Gasteiger partial charge in [0.1, 0.15) is 4.90 Å². The fourth-order valence-electron chi connectivity index (χ4n) is 2.64. The largest absolute Gasteiger partial charge is 0.349 e. The Hall–Kier alpha value is -2.81. The second-order valence-corrected chi connectivity index (χ2v) is 8.61. The predicted molar refractivity (Wildman–Crippen MR) is 98.3 cm³/mol. The van der Waals surface area contributed by atoms with E-state index in [9.17, 15) is 17.6 Å². The number of hydrogen-bond acceptors (Lipinski definition) is 5. The fraction of sp³-hybridized carbons (Fsp3) is 0.278. The third kappa shape index (κ3) is 3.97. The molecule has 27 heavy (non-hydrogen) atoms. The van der Waals surface area contributed by atoms with Crippen LogP contribution in [-0.4, -0.2) is 34.0 Å². The van der Waals surface area contributed by atoms with Gasteiger partial charge in [0, 0.05) is 42.0 Å². The van der Waals surface area contributed by atoms with E-state index in [0.29, 0.717) is 11.1 Å². The molecule has 3 rings (SSSR count). The van der Waals surface area contributed by atoms with Crippen molar-refractivity contribution in [2.75, 3.05) is 6.26 Å². The predicted octanol–water partition coefficient (Wildman–Crippen LogP) is 2.14. The third-order valence-electron chi connectivity index (χ3n) is 4.14. The first-order valence-corrected chi connectivity index (χ1v) is 10.1. The number of pyridine rings is 2. The standard InChI is InChI=1S/C18H19FN4O3S/c1-12(2)15-11-22(7-5-16(15)24)9-13-4-6-20-18(17(13)19)23-10-14(8-21-23)27(3,25)26/h4-8,10-12H,9H2,1-3H3. The van der Waals surface area contributed by atoms with Crippen LogP contribution in [0.2, 0.25) is 0 Å². The van der Waals surface area contributed by atoms with Crippen LogP contribution in [-0.2, 0) is 16.4 Å². The summed E-state index contributed by atoms with van der Waals surface area (Å²) in [5.41, 5.74) is 0.939. The van der Waals surface area contributed by atoms with Gasteiger partial charge in [-0.25, -0.2) is 22.5 Å². The lowest BCUT2D eigenvalue weighted by Gasteiger charge is -2.12. The van der Waals surface area contributed by atoms with Gasteiger partial charge in [-0.3, -0.25) is 4.79 Å². The van der Waals surface area contributed by atoms with Crippen LogP contribution >= 0.6 is 0 Å². The molecule has 0 fully saturated rings. The Morgan fingerprint density at radius 2 is 1.96 bits per heavy atom. The van der Waals surface area contributed by atoms with Crippen molar-refractivity contribution < 1.29 is 12.8 Å². The summed E-state index contributed by atoms with van der Waals surface area (Å²) >= 11 is 0. The number of rotatable bonds is 5. The van der Waals surface area contributed by atoms with E-state index in [4.69, 9.17) is 0 Å². The molecular formula is C18H19FN4O3S. The van der Waals surface area contributed by atoms with E-state index >= 15 is 0 Å². The Morgan fingerprint density at radius 3 is 2.59 bits per heavy atom. The summed E-state index contributed by atoms with van der Waals surface area (Å²) in [6, 6.07) is 2.99. The minimum atomic E-state index is -3.45. The van der Waals surface area contributed by atoms with Gasteiger partial charge < -0.3 is 4.57 Å². The number of sulfone groups is 1. The van der Waals surface area contributed by atoms with Gasteiger partial charge in [0.15, 0.2) is 26.9 Å². The van der Waals surface area contributed by atoms with Crippen molar-refractivity contribution in [2.24, 2.45) is 0 Å². The highest BCUT2D eigenvalue weighted by Gasteiger charge is 2.16. The lowest BCUT2D eigenvalue weighted by molar-refractivity contribution is 0.574. The first kappa shape index (κ1) is 19.0. The van der Waals surface area contributed by atoms with Gasteiger partial charge in [0.25, 0.3) is 0 Å². The summed E-state index contributed by atoms with van der Waals surface area (Å²) in [5.74, 6) is -0.640. The van der Waals surface area contributed by atoms with Crippen LogP contribution in [0.25, 0.3) is 5.82 Å². The molecule has 0 radical (unpaired) electrons. The summed E-state index contributed by atoms with van der Waals surface area (Å²) < 4.78 is 40.9. The first-order valence-electron chi connectivity index (χ1n) is 8.25. The molecule has 0 amide bonds. The SMILES string of the molecule is CC(C)c1cn(Cc2ccnc(-n3cc(S(C)(=O)=O)cn3)c2F)ccc1=O. The van der Waals surface area contributed by atoms with Crippen molar-refractivity contribution in [1.29, 1.82) is 0 Å². The number of aromatic nitrogens is 4. The maximum Gasteiger partial charge on any atom is 0.190 e. The quantitative estimate of drug-likeness (QED) is 0.666. The molecule has 0 aliphatic heterocycles. The molecule has 0 unspecified atom stereocenters. The van der Waals surface area contributed by atoms with Gasteiger partial charge in [-0.2, -0.15) is 5.10 Å². The Balaban J connectivity index is 1.98. The lowest BCUT2D eigenvalue weighted by atomic mass is 10.1. The van der Waals surface area contributed by atoms with Crippen LogP contribution in [0.3, 0.4) is 0 Å². The molecule has 0 saturated heterocycles. The molecule has 7 nitrogen and oxygen atoms in total. The zero-order valence-corrected chi connectivity index (χ0v) is 15.9. The zero-order valence-electron chi connectivity index (χ0n) is 15.1. The fourth-order valence-corrected chi connectivity index (χ4v) is 3.17. The summed E-state index contributed by atoms with van der Waals surface area (Å²) in [4.78, 5) is 15.9. The van der Waals surface area contributed by atoms with Crippen LogP contribution in [0, 0.1) is 5.82 Å². The molecule has 3 heterocycles. The van der Waals surface area contributed by atoms with Gasteiger partial charge in [0.2, 0.25) is 0 Å². The summed E-state index contributed by atoms with van der Waals surface area (Å²) in [6.45, 7) is 4.04. The molecular weight excluding hydrogens is 371 g/mol. The Morgan fingerprint density at radius 1 is 1.22 bits per heavy atom. The molecule has 0 atom stereocenters. The molecule has 0 N–H and O–H groups in total. The highest BCUT2D eigenvalue weighted by Crippen LogP contribution is 2.18. The van der Waals surface area contributed by atoms with E-state index in [1.165, 1.54) is 24.5 Å². The van der Waals surface area contributed by atoms with Gasteiger partial charge in [-0.1, -0.05) is 13.8 Å². The molecule has 0 saturated carbocycles. The number of halogens is 1. The third-order valence-corrected chi connectivity index (χ3v) is 5.20. The van der Waals surface area contributed by atoms with Crippen LogP contribution in [0.15, 0.2) is 52.8 Å². The van der Waals surface area contributed by atoms with E-state index in [2.05, 4.69) is 10.1 Å². The van der Waals surface area contributed by atoms with E-state index in [1.807, 2.05) is 13.8 Å². The topological polar surface area (TPSA) is 86.8 Å². The molecule has 0 aromatic carbocycles. The summed E-state index contributed by atoms with van der Waals surface area (Å²) in [6.07, 6.45) is 8.17. The van der Waals surface area contributed by atoms with Gasteiger partial charge in [0.05, 0.1) is 18.9 Å². The highest BCUT2D eigenvalue weighted by molar-refractivity contribution is 7.90. The molecule has 0 aliphatic rings. The van der Waals surface area contributed by atoms with Crippen LogP contribution in [0.5, 0.6) is 0 Å². The first-order chi connectivity index (χ1) is 12.7. The maximum atomic E-state index is 14.9. The van der Waals surface area contributed by atoms with Crippen LogP contribution in [0.4, 0.5) is 4.39 Å². The highest BCUT2D eigenvalue weighted by atomic mass is 32.2. The Bertz CT molecular complexity index is 1150. The van der Waals surface area contributed by atoms with E-state index in [-0.39, 0.29) is 28.6 Å². The van der Waals surface area contributed by atoms with Crippen molar-refractivity contribution in [3.63, 3.8) is 0 Å². The van der Waals surface area contributed by atoms with Crippen molar-refractivity contribution in [1.82, 2.24) is 19.3 Å². The Kier molecular flexibility index (Phi) is 4.97. The number of hydrogen-bond donors (Lipinski definition) is 0. The smallest absolute Gasteiger partial charge is 0.190 e. The minimum Gasteiger partial charge on any atom is -0.349 e. The van der Waals surface area contributed by atoms with Gasteiger partial charge >= 0.3 is 0 Å². The maximum absolute atomic E-state index is 14.9. The average Bonchev–Trinajstić information content (AvgIpc) is 3.08. The Labute approximate surface area is 156 Å². The second-order valence-electron chi connectivity index (χ2n) is 6.59. The minimum absolute atomic E-state index is 0.0175. The van der Waals surface area contributed by atoms with Crippen LogP contribution < -0.4 is 5.43 Å². The molecule has 0 bridgehead atoms. The van der Waals surface area contributed by atoms with Crippen molar-refractivity contribution in [3.05, 3.63) is 70.3 Å². The monoisotopic (exact) mass is 390 g/mol. The number of nitrogens with zero attached hydrogens (tertiary/aromatic N) is 4. The van der Waals surface area contributed by atoms with Crippen LogP contribution in [0.1, 0.15) is 30.9 Å². The molecule has 3 aromatic rings. The normalized spacial score (nSPS) is 11.9. The summed E-state index contributed by atoms with van der Waals surface area (Å²) in [5, 5.41) is 3.90. The van der Waals surface area contributed by atoms with Crippen molar-refractivity contribution in [2.45, 2.75) is 31.2 Å². The van der Waals surface area contributed by atoms with Crippen molar-refractivity contribution >= 4 is 9.84 Å². The van der Waals surface area contributed by atoms with Crippen molar-refractivity contribution in [3.8, 4) is 5.82 Å². The van der Waals surface area contributed by atoms with Gasteiger partial charge in [-0.15, -0.1) is 0 Å². The zero-order chi connectivity index (χ0) is 19.8. The van der Waals surface area contributed by atoms with E-state index < -0.39 is 15.7 Å². The summed E-state index contributed by atoms with van der Waals surface area (Å²) in [7, 11) is -3.45. The van der Waals surface area contributed by atoms with E-state index in [0.717, 1.165) is 17.1 Å². The molecule has 3 aromatic heterocycles. The molecule has 0 aliphatic carbocycles. The second kappa shape index (κ2) is 7.07. The molecule has 9 heteroatoms. The lowest BCUT2D eigenvalue weighted by Crippen LogP contribution is -2.14. The molecule has 142 valence electrons. The van der Waals surface area contributed by atoms with E-state index in [1.54, 1.807) is 17.0 Å². The van der Waals surface area contributed by atoms with Gasteiger partial charge in [-0.05, 0) is 12.0 Å².